The van der Waals surface area contributed by atoms with Gasteiger partial charge in [-0.1, -0.05) is 72.8 Å². The van der Waals surface area contributed by atoms with Gasteiger partial charge in [0.15, 0.2) is 0 Å². The highest BCUT2D eigenvalue weighted by molar-refractivity contribution is 5.83. The van der Waals surface area contributed by atoms with Crippen molar-refractivity contribution >= 4 is 22.6 Å². The predicted molar refractivity (Wildman–Crippen MR) is 92.8 cm³/mol. The molecule has 0 bridgehead atoms. The Hall–Kier alpha value is -2.67. The second-order valence-corrected chi connectivity index (χ2v) is 5.38. The van der Waals surface area contributed by atoms with E-state index < -0.39 is 0 Å². The molecule has 0 aromatic heterocycles. The van der Waals surface area contributed by atoms with Crippen molar-refractivity contribution in [1.82, 2.24) is 0 Å². The summed E-state index contributed by atoms with van der Waals surface area (Å²) in [5.74, 6) is 0. The molecule has 3 aromatic rings. The molecular weight excluding hydrogens is 268 g/mol. The summed E-state index contributed by atoms with van der Waals surface area (Å²) in [6.45, 7) is 0. The van der Waals surface area contributed by atoms with E-state index in [1.165, 1.54) is 16.3 Å². The molecule has 1 heteroatoms. The summed E-state index contributed by atoms with van der Waals surface area (Å²) in [4.78, 5) is 10.9. The quantitative estimate of drug-likeness (QED) is 0.473. The molecule has 0 atom stereocenters. The summed E-state index contributed by atoms with van der Waals surface area (Å²) in [5.41, 5.74) is 3.51. The van der Waals surface area contributed by atoms with E-state index in [0.29, 0.717) is 0 Å². The molecule has 22 heavy (non-hydrogen) atoms. The summed E-state index contributed by atoms with van der Waals surface area (Å²) < 4.78 is 0. The molecule has 0 spiro atoms. The van der Waals surface area contributed by atoms with Gasteiger partial charge in [-0.05, 0) is 46.4 Å². The van der Waals surface area contributed by atoms with Gasteiger partial charge in [0.25, 0.3) is 0 Å². The van der Waals surface area contributed by atoms with E-state index in [0.717, 1.165) is 30.3 Å². The summed E-state index contributed by atoms with van der Waals surface area (Å²) in [6.07, 6.45) is 4.35. The maximum atomic E-state index is 10.9. The average molecular weight is 286 g/mol. The summed E-state index contributed by atoms with van der Waals surface area (Å²) >= 11 is 0. The fourth-order valence-electron chi connectivity index (χ4n) is 2.73. The van der Waals surface area contributed by atoms with Crippen LogP contribution in [0.3, 0.4) is 0 Å². The Labute approximate surface area is 130 Å². The molecule has 0 aliphatic carbocycles. The molecule has 0 unspecified atom stereocenters. The highest BCUT2D eigenvalue weighted by Crippen LogP contribution is 2.22. The minimum atomic E-state index is 0.862. The standard InChI is InChI=1S/C21H18O/c22-15-14-20(18-6-2-1-3-7-18)13-11-17-10-12-19-8-4-5-9-21(19)16-17/h1-10,12,14-16H,11,13H2/b20-14-. The van der Waals surface area contributed by atoms with E-state index in [4.69, 9.17) is 0 Å². The van der Waals surface area contributed by atoms with Crippen LogP contribution in [0.1, 0.15) is 17.5 Å². The Morgan fingerprint density at radius 3 is 2.32 bits per heavy atom. The van der Waals surface area contributed by atoms with Crippen molar-refractivity contribution in [3.05, 3.63) is 90.0 Å². The van der Waals surface area contributed by atoms with E-state index in [-0.39, 0.29) is 0 Å². The number of rotatable bonds is 5. The zero-order valence-electron chi connectivity index (χ0n) is 12.4. The first-order chi connectivity index (χ1) is 10.9. The minimum Gasteiger partial charge on any atom is -0.299 e. The second kappa shape index (κ2) is 6.86. The summed E-state index contributed by atoms with van der Waals surface area (Å²) in [7, 11) is 0. The number of hydrogen-bond acceptors (Lipinski definition) is 1. The van der Waals surface area contributed by atoms with E-state index in [1.807, 2.05) is 18.2 Å². The monoisotopic (exact) mass is 286 g/mol. The lowest BCUT2D eigenvalue weighted by molar-refractivity contribution is -0.104. The first-order valence-electron chi connectivity index (χ1n) is 7.54. The number of aldehydes is 1. The van der Waals surface area contributed by atoms with Gasteiger partial charge in [0.2, 0.25) is 0 Å². The zero-order chi connectivity index (χ0) is 15.2. The van der Waals surface area contributed by atoms with E-state index >= 15 is 0 Å². The van der Waals surface area contributed by atoms with Gasteiger partial charge in [-0.3, -0.25) is 4.79 Å². The van der Waals surface area contributed by atoms with E-state index in [2.05, 4.69) is 54.6 Å². The molecule has 1 nitrogen and oxygen atoms in total. The smallest absolute Gasteiger partial charge is 0.143 e. The zero-order valence-corrected chi connectivity index (χ0v) is 12.4. The van der Waals surface area contributed by atoms with Crippen LogP contribution in [0.2, 0.25) is 0 Å². The van der Waals surface area contributed by atoms with Crippen molar-refractivity contribution in [3.8, 4) is 0 Å². The van der Waals surface area contributed by atoms with Crippen molar-refractivity contribution in [2.24, 2.45) is 0 Å². The van der Waals surface area contributed by atoms with Gasteiger partial charge >= 0.3 is 0 Å². The Morgan fingerprint density at radius 1 is 0.818 bits per heavy atom. The van der Waals surface area contributed by atoms with E-state index in [9.17, 15) is 4.79 Å². The van der Waals surface area contributed by atoms with Crippen molar-refractivity contribution in [2.45, 2.75) is 12.8 Å². The molecule has 0 aliphatic heterocycles. The molecule has 0 heterocycles. The highest BCUT2D eigenvalue weighted by atomic mass is 16.1. The number of aryl methyl sites for hydroxylation is 1. The summed E-state index contributed by atoms with van der Waals surface area (Å²) in [6, 6.07) is 25.1. The number of fused-ring (bicyclic) bond motifs is 1. The van der Waals surface area contributed by atoms with Crippen LogP contribution < -0.4 is 0 Å². The predicted octanol–water partition coefficient (Wildman–Crippen LogP) is 5.05. The largest absolute Gasteiger partial charge is 0.299 e. The van der Waals surface area contributed by atoms with Crippen LogP contribution in [-0.2, 0) is 11.2 Å². The van der Waals surface area contributed by atoms with Crippen LogP contribution in [0.4, 0.5) is 0 Å². The molecule has 0 radical (unpaired) electrons. The van der Waals surface area contributed by atoms with Gasteiger partial charge in [-0.15, -0.1) is 0 Å². The van der Waals surface area contributed by atoms with Crippen molar-refractivity contribution < 1.29 is 4.79 Å². The Balaban J connectivity index is 1.79. The van der Waals surface area contributed by atoms with Crippen molar-refractivity contribution in [1.29, 1.82) is 0 Å². The van der Waals surface area contributed by atoms with Crippen LogP contribution in [0.25, 0.3) is 16.3 Å². The third-order valence-electron chi connectivity index (χ3n) is 3.91. The second-order valence-electron chi connectivity index (χ2n) is 5.38. The number of allylic oxidation sites excluding steroid dienone is 2. The van der Waals surface area contributed by atoms with Crippen LogP contribution in [0.15, 0.2) is 78.9 Å². The van der Waals surface area contributed by atoms with Crippen molar-refractivity contribution in [3.63, 3.8) is 0 Å². The van der Waals surface area contributed by atoms with Crippen LogP contribution in [-0.4, -0.2) is 6.29 Å². The molecule has 0 saturated carbocycles. The van der Waals surface area contributed by atoms with Crippen LogP contribution in [0.5, 0.6) is 0 Å². The lowest BCUT2D eigenvalue weighted by atomic mass is 9.97. The minimum absolute atomic E-state index is 0.862. The van der Waals surface area contributed by atoms with Gasteiger partial charge in [-0.25, -0.2) is 0 Å². The molecule has 0 fully saturated rings. The van der Waals surface area contributed by atoms with Crippen molar-refractivity contribution in [2.75, 3.05) is 0 Å². The first kappa shape index (κ1) is 14.3. The van der Waals surface area contributed by atoms with E-state index in [1.54, 1.807) is 6.08 Å². The maximum absolute atomic E-state index is 10.9. The summed E-state index contributed by atoms with van der Waals surface area (Å²) in [5, 5.41) is 2.53. The topological polar surface area (TPSA) is 17.1 Å². The Kier molecular flexibility index (Phi) is 4.45. The number of hydrogen-bond donors (Lipinski definition) is 0. The Bertz CT molecular complexity index is 800. The maximum Gasteiger partial charge on any atom is 0.143 e. The fourth-order valence-corrected chi connectivity index (χ4v) is 2.73. The third-order valence-corrected chi connectivity index (χ3v) is 3.91. The molecular formula is C21H18O. The molecule has 108 valence electrons. The number of carbonyl (C=O) groups excluding carboxylic acids is 1. The van der Waals surface area contributed by atoms with Gasteiger partial charge < -0.3 is 0 Å². The molecule has 3 aromatic carbocycles. The molecule has 0 aliphatic rings. The normalized spacial score (nSPS) is 11.5. The lowest BCUT2D eigenvalue weighted by Crippen LogP contribution is -1.91. The fraction of sp³-hybridized carbons (Fsp3) is 0.0952. The Morgan fingerprint density at radius 2 is 1.55 bits per heavy atom. The highest BCUT2D eigenvalue weighted by Gasteiger charge is 2.03. The molecule has 0 N–H and O–H groups in total. The third kappa shape index (κ3) is 3.32. The lowest BCUT2D eigenvalue weighted by Gasteiger charge is -2.08. The SMILES string of the molecule is O=C/C=C(/CCc1ccc2ccccc2c1)c1ccccc1. The van der Waals surface area contributed by atoms with Crippen LogP contribution >= 0.6 is 0 Å². The first-order valence-corrected chi connectivity index (χ1v) is 7.54. The number of carbonyl (C=O) groups is 1. The molecule has 0 amide bonds. The van der Waals surface area contributed by atoms with Gasteiger partial charge in [0, 0.05) is 0 Å². The van der Waals surface area contributed by atoms with Gasteiger partial charge in [-0.2, -0.15) is 0 Å². The van der Waals surface area contributed by atoms with Crippen LogP contribution in [0, 0.1) is 0 Å². The molecule has 3 rings (SSSR count). The molecule has 0 saturated heterocycles. The average Bonchev–Trinajstić information content (AvgIpc) is 2.59. The van der Waals surface area contributed by atoms with Gasteiger partial charge in [0.05, 0.1) is 0 Å². The number of benzene rings is 3. The van der Waals surface area contributed by atoms with Gasteiger partial charge in [0.1, 0.15) is 6.29 Å².